The Labute approximate surface area is 110 Å². The van der Waals surface area contributed by atoms with E-state index >= 15 is 0 Å². The van der Waals surface area contributed by atoms with Crippen LogP contribution in [0, 0.1) is 5.92 Å². The third kappa shape index (κ3) is 6.86. The molecule has 5 heteroatoms. The predicted octanol–water partition coefficient (Wildman–Crippen LogP) is 1.34. The van der Waals surface area contributed by atoms with E-state index in [0.29, 0.717) is 25.0 Å². The number of hydrogen-bond acceptors (Lipinski definition) is 3. The zero-order valence-corrected chi connectivity index (χ0v) is 11.8. The highest BCUT2D eigenvalue weighted by Crippen LogP contribution is 2.10. The lowest BCUT2D eigenvalue weighted by Gasteiger charge is -2.30. The topological polar surface area (TPSA) is 50.4 Å². The fourth-order valence-corrected chi connectivity index (χ4v) is 1.89. The van der Waals surface area contributed by atoms with E-state index in [2.05, 4.69) is 17.6 Å². The van der Waals surface area contributed by atoms with E-state index in [9.17, 15) is 4.79 Å². The van der Waals surface area contributed by atoms with Crippen molar-refractivity contribution in [3.8, 4) is 0 Å². The van der Waals surface area contributed by atoms with Crippen molar-refractivity contribution < 1.29 is 9.53 Å². The zero-order chi connectivity index (χ0) is 12.0. The molecule has 1 rings (SSSR count). The van der Waals surface area contributed by atoms with Gasteiger partial charge in [0.05, 0.1) is 12.7 Å². The van der Waals surface area contributed by atoms with Crippen LogP contribution in [0.1, 0.15) is 33.6 Å². The molecule has 2 unspecified atom stereocenters. The van der Waals surface area contributed by atoms with Crippen molar-refractivity contribution in [2.24, 2.45) is 5.92 Å². The first kappa shape index (κ1) is 16.7. The van der Waals surface area contributed by atoms with Crippen LogP contribution in [-0.2, 0) is 9.53 Å². The fraction of sp³-hybridized carbons (Fsp3) is 0.917. The van der Waals surface area contributed by atoms with Crippen molar-refractivity contribution in [2.45, 2.75) is 45.8 Å². The Balaban J connectivity index is 0.00000256. The maximum Gasteiger partial charge on any atom is 0.222 e. The molecule has 0 aromatic heterocycles. The van der Waals surface area contributed by atoms with E-state index in [1.807, 2.05) is 13.8 Å². The summed E-state index contributed by atoms with van der Waals surface area (Å²) in [5.74, 6) is 0.628. The van der Waals surface area contributed by atoms with Gasteiger partial charge >= 0.3 is 0 Å². The van der Waals surface area contributed by atoms with Crippen molar-refractivity contribution in [3.05, 3.63) is 0 Å². The molecular weight excluding hydrogens is 240 g/mol. The molecule has 0 aliphatic carbocycles. The number of rotatable bonds is 5. The van der Waals surface area contributed by atoms with Gasteiger partial charge in [0.15, 0.2) is 0 Å². The number of nitrogens with one attached hydrogen (secondary N) is 2. The Morgan fingerprint density at radius 3 is 2.82 bits per heavy atom. The SMILES string of the molecule is CC(C)OCCC(=O)NC1CCNCC1C.Cl. The molecule has 1 saturated heterocycles. The number of ether oxygens (including phenoxy) is 1. The van der Waals surface area contributed by atoms with Gasteiger partial charge in [0, 0.05) is 12.5 Å². The second-order valence-corrected chi connectivity index (χ2v) is 4.81. The highest BCUT2D eigenvalue weighted by atomic mass is 35.5. The molecule has 102 valence electrons. The summed E-state index contributed by atoms with van der Waals surface area (Å²) in [5, 5.41) is 6.40. The van der Waals surface area contributed by atoms with E-state index < -0.39 is 0 Å². The summed E-state index contributed by atoms with van der Waals surface area (Å²) in [7, 11) is 0. The second-order valence-electron chi connectivity index (χ2n) is 4.81. The van der Waals surface area contributed by atoms with Crippen LogP contribution in [0.25, 0.3) is 0 Å². The summed E-state index contributed by atoms with van der Waals surface area (Å²) < 4.78 is 5.36. The van der Waals surface area contributed by atoms with Crippen molar-refractivity contribution in [1.29, 1.82) is 0 Å². The average Bonchev–Trinajstić information content (AvgIpc) is 2.21. The molecule has 1 aliphatic rings. The highest BCUT2D eigenvalue weighted by molar-refractivity contribution is 5.85. The van der Waals surface area contributed by atoms with Crippen LogP contribution in [0.3, 0.4) is 0 Å². The van der Waals surface area contributed by atoms with Gasteiger partial charge in [-0.2, -0.15) is 0 Å². The monoisotopic (exact) mass is 264 g/mol. The summed E-state index contributed by atoms with van der Waals surface area (Å²) in [6.07, 6.45) is 1.69. The molecule has 4 nitrogen and oxygen atoms in total. The number of carbonyl (C=O) groups excluding carboxylic acids is 1. The van der Waals surface area contributed by atoms with Crippen LogP contribution in [0.15, 0.2) is 0 Å². The summed E-state index contributed by atoms with van der Waals surface area (Å²) >= 11 is 0. The molecule has 1 heterocycles. The summed E-state index contributed by atoms with van der Waals surface area (Å²) in [6.45, 7) is 8.63. The van der Waals surface area contributed by atoms with Gasteiger partial charge in [-0.15, -0.1) is 12.4 Å². The Morgan fingerprint density at radius 1 is 1.53 bits per heavy atom. The normalized spacial score (nSPS) is 24.2. The lowest BCUT2D eigenvalue weighted by molar-refractivity contribution is -0.123. The number of halogens is 1. The van der Waals surface area contributed by atoms with Crippen LogP contribution in [0.2, 0.25) is 0 Å². The molecule has 1 amide bonds. The Hall–Kier alpha value is -0.320. The molecule has 2 N–H and O–H groups in total. The van der Waals surface area contributed by atoms with Crippen molar-refractivity contribution in [1.82, 2.24) is 10.6 Å². The van der Waals surface area contributed by atoms with E-state index in [1.54, 1.807) is 0 Å². The van der Waals surface area contributed by atoms with Crippen LogP contribution < -0.4 is 10.6 Å². The van der Waals surface area contributed by atoms with E-state index in [4.69, 9.17) is 4.74 Å². The summed E-state index contributed by atoms with van der Waals surface area (Å²) in [4.78, 5) is 11.6. The van der Waals surface area contributed by atoms with E-state index in [-0.39, 0.29) is 24.4 Å². The van der Waals surface area contributed by atoms with E-state index in [1.165, 1.54) is 0 Å². The third-order valence-electron chi connectivity index (χ3n) is 2.91. The van der Waals surface area contributed by atoms with Crippen molar-refractivity contribution in [2.75, 3.05) is 19.7 Å². The van der Waals surface area contributed by atoms with Crippen LogP contribution in [-0.4, -0.2) is 37.7 Å². The highest BCUT2D eigenvalue weighted by Gasteiger charge is 2.22. The van der Waals surface area contributed by atoms with Crippen LogP contribution in [0.5, 0.6) is 0 Å². The molecule has 0 spiro atoms. The van der Waals surface area contributed by atoms with Gasteiger partial charge in [0.25, 0.3) is 0 Å². The summed E-state index contributed by atoms with van der Waals surface area (Å²) in [5.41, 5.74) is 0. The van der Waals surface area contributed by atoms with Gasteiger partial charge in [-0.25, -0.2) is 0 Å². The van der Waals surface area contributed by atoms with Gasteiger partial charge < -0.3 is 15.4 Å². The minimum Gasteiger partial charge on any atom is -0.378 e. The number of hydrogen-bond donors (Lipinski definition) is 2. The summed E-state index contributed by atoms with van der Waals surface area (Å²) in [6, 6.07) is 0.327. The number of amides is 1. The van der Waals surface area contributed by atoms with Crippen LogP contribution >= 0.6 is 12.4 Å². The molecule has 0 aromatic rings. The first-order valence-electron chi connectivity index (χ1n) is 6.21. The minimum atomic E-state index is 0. The molecule has 0 radical (unpaired) electrons. The molecule has 2 atom stereocenters. The third-order valence-corrected chi connectivity index (χ3v) is 2.91. The first-order valence-corrected chi connectivity index (χ1v) is 6.21. The Bertz CT molecular complexity index is 225. The molecule has 1 aliphatic heterocycles. The standard InChI is InChI=1S/C12H24N2O2.ClH/c1-9(2)16-7-5-12(15)14-11-4-6-13-8-10(11)3;/h9-11,13H,4-8H2,1-3H3,(H,14,15);1H. The van der Waals surface area contributed by atoms with Gasteiger partial charge in [-0.05, 0) is 39.3 Å². The van der Waals surface area contributed by atoms with Gasteiger partial charge in [0.1, 0.15) is 0 Å². The number of carbonyl (C=O) groups is 1. The Kier molecular flexibility index (Phi) is 8.56. The largest absolute Gasteiger partial charge is 0.378 e. The Morgan fingerprint density at radius 2 is 2.24 bits per heavy atom. The second kappa shape index (κ2) is 8.72. The maximum atomic E-state index is 11.6. The van der Waals surface area contributed by atoms with Crippen molar-refractivity contribution >= 4 is 18.3 Å². The minimum absolute atomic E-state index is 0. The zero-order valence-electron chi connectivity index (χ0n) is 11.0. The van der Waals surface area contributed by atoms with Crippen LogP contribution in [0.4, 0.5) is 0 Å². The first-order chi connectivity index (χ1) is 7.59. The molecule has 0 bridgehead atoms. The maximum absolute atomic E-state index is 11.6. The quantitative estimate of drug-likeness (QED) is 0.788. The molecule has 0 aromatic carbocycles. The fourth-order valence-electron chi connectivity index (χ4n) is 1.89. The van der Waals surface area contributed by atoms with Gasteiger partial charge in [-0.3, -0.25) is 4.79 Å². The van der Waals surface area contributed by atoms with E-state index in [0.717, 1.165) is 19.5 Å². The average molecular weight is 265 g/mol. The molecule has 1 fully saturated rings. The molecular formula is C12H25ClN2O2. The predicted molar refractivity (Wildman–Crippen MR) is 71.5 cm³/mol. The van der Waals surface area contributed by atoms with Gasteiger partial charge in [-0.1, -0.05) is 6.92 Å². The lowest BCUT2D eigenvalue weighted by Crippen LogP contribution is -2.48. The number of piperidine rings is 1. The van der Waals surface area contributed by atoms with Gasteiger partial charge in [0.2, 0.25) is 5.91 Å². The smallest absolute Gasteiger partial charge is 0.222 e. The van der Waals surface area contributed by atoms with Crippen molar-refractivity contribution in [3.63, 3.8) is 0 Å². The molecule has 0 saturated carbocycles. The molecule has 17 heavy (non-hydrogen) atoms. The lowest BCUT2D eigenvalue weighted by atomic mass is 9.95.